The van der Waals surface area contributed by atoms with E-state index >= 15 is 0 Å². The summed E-state index contributed by atoms with van der Waals surface area (Å²) in [5.74, 6) is 1.95. The number of aromatic nitrogens is 4. The number of hydrogen-bond acceptors (Lipinski definition) is 9. The van der Waals surface area contributed by atoms with Crippen molar-refractivity contribution in [3.05, 3.63) is 42.4 Å². The minimum absolute atomic E-state index is 0.155. The van der Waals surface area contributed by atoms with Gasteiger partial charge < -0.3 is 14.0 Å². The molecule has 2 heterocycles. The van der Waals surface area contributed by atoms with Crippen LogP contribution in [0.3, 0.4) is 0 Å². The van der Waals surface area contributed by atoms with Gasteiger partial charge in [-0.05, 0) is 31.2 Å². The number of hydrogen-bond donors (Lipinski definition) is 2. The molecule has 10 heteroatoms. The average Bonchev–Trinajstić information content (AvgIpc) is 3.21. The Morgan fingerprint density at radius 3 is 2.75 bits per heavy atom. The monoisotopic (exact) mass is 384 g/mol. The van der Waals surface area contributed by atoms with Gasteiger partial charge >= 0.3 is 0 Å². The summed E-state index contributed by atoms with van der Waals surface area (Å²) in [7, 11) is 1.50. The maximum absolute atomic E-state index is 12.0. The van der Waals surface area contributed by atoms with Crippen LogP contribution in [0.2, 0.25) is 0 Å². The smallest absolute Gasteiger partial charge is 0.245 e. The maximum atomic E-state index is 12.0. The Morgan fingerprint density at radius 1 is 1.18 bits per heavy atom. The van der Waals surface area contributed by atoms with Crippen LogP contribution in [0.25, 0.3) is 11.4 Å². The highest BCUT2D eigenvalue weighted by atomic mass is 16.5. The molecule has 0 atom stereocenters. The summed E-state index contributed by atoms with van der Waals surface area (Å²) in [6.45, 7) is 2.53. The molecule has 0 bridgehead atoms. The van der Waals surface area contributed by atoms with Crippen LogP contribution in [0.1, 0.15) is 19.2 Å². The number of nitrogens with zero attached hydrogens (tertiary/aromatic N) is 4. The first kappa shape index (κ1) is 19.1. The summed E-state index contributed by atoms with van der Waals surface area (Å²) in [4.78, 5) is 24.3. The van der Waals surface area contributed by atoms with Crippen molar-refractivity contribution in [2.24, 2.45) is 0 Å². The van der Waals surface area contributed by atoms with E-state index in [1.54, 1.807) is 6.07 Å². The fraction of sp³-hybridized carbons (Fsp3) is 0.278. The second-order valence-corrected chi connectivity index (χ2v) is 5.56. The zero-order valence-electron chi connectivity index (χ0n) is 15.5. The molecule has 0 fully saturated rings. The molecule has 2 N–H and O–H groups in total. The van der Waals surface area contributed by atoms with Crippen LogP contribution in [-0.4, -0.2) is 39.7 Å². The van der Waals surface area contributed by atoms with Crippen molar-refractivity contribution in [1.29, 1.82) is 0 Å². The molecule has 0 aliphatic rings. The van der Waals surface area contributed by atoms with Crippen LogP contribution < -0.4 is 20.3 Å². The average molecular weight is 384 g/mol. The van der Waals surface area contributed by atoms with Gasteiger partial charge in [-0.15, -0.1) is 0 Å². The van der Waals surface area contributed by atoms with Crippen molar-refractivity contribution >= 4 is 11.9 Å². The third-order valence-electron chi connectivity index (χ3n) is 3.61. The number of rotatable bonds is 9. The third kappa shape index (κ3) is 5.16. The Hall–Kier alpha value is -3.69. The van der Waals surface area contributed by atoms with E-state index in [0.29, 0.717) is 30.6 Å². The van der Waals surface area contributed by atoms with Gasteiger partial charge in [0.15, 0.2) is 0 Å². The van der Waals surface area contributed by atoms with Crippen molar-refractivity contribution in [3.63, 3.8) is 0 Å². The molecular weight excluding hydrogens is 364 g/mol. The predicted molar refractivity (Wildman–Crippen MR) is 99.6 cm³/mol. The Labute approximate surface area is 161 Å². The molecule has 1 amide bonds. The highest BCUT2D eigenvalue weighted by molar-refractivity contribution is 5.77. The van der Waals surface area contributed by atoms with Crippen molar-refractivity contribution < 1.29 is 18.8 Å². The Balaban J connectivity index is 1.48. The lowest BCUT2D eigenvalue weighted by Crippen LogP contribution is -2.30. The minimum atomic E-state index is -0.271. The van der Waals surface area contributed by atoms with Crippen molar-refractivity contribution in [2.75, 3.05) is 19.1 Å². The predicted octanol–water partition coefficient (Wildman–Crippen LogP) is 2.01. The molecule has 0 unspecified atom stereocenters. The van der Waals surface area contributed by atoms with E-state index in [4.69, 9.17) is 14.0 Å². The normalized spacial score (nSPS) is 10.4. The number of nitrogens with one attached hydrogen (secondary N) is 2. The number of ether oxygens (including phenoxy) is 2. The highest BCUT2D eigenvalue weighted by Gasteiger charge is 2.11. The topological polar surface area (TPSA) is 124 Å². The quantitative estimate of drug-likeness (QED) is 0.533. The molecule has 2 aromatic heterocycles. The lowest BCUT2D eigenvalue weighted by atomic mass is 10.2. The number of benzene rings is 1. The van der Waals surface area contributed by atoms with E-state index in [1.165, 1.54) is 13.3 Å². The summed E-state index contributed by atoms with van der Waals surface area (Å²) in [5, 5.41) is 3.94. The fourth-order valence-corrected chi connectivity index (χ4v) is 2.27. The molecule has 0 aliphatic heterocycles. The summed E-state index contributed by atoms with van der Waals surface area (Å²) in [5.41, 5.74) is 5.93. The first-order chi connectivity index (χ1) is 13.7. The van der Waals surface area contributed by atoms with E-state index in [1.807, 2.05) is 31.2 Å². The van der Waals surface area contributed by atoms with Gasteiger partial charge in [0.25, 0.3) is 0 Å². The number of methoxy groups -OCH3 is 1. The minimum Gasteiger partial charge on any atom is -0.494 e. The number of anilines is 1. The largest absolute Gasteiger partial charge is 0.494 e. The molecule has 10 nitrogen and oxygen atoms in total. The van der Waals surface area contributed by atoms with E-state index in [-0.39, 0.29) is 18.3 Å². The van der Waals surface area contributed by atoms with E-state index in [2.05, 4.69) is 31.0 Å². The number of carbonyl (C=O) groups is 1. The zero-order valence-corrected chi connectivity index (χ0v) is 15.5. The second kappa shape index (κ2) is 9.31. The molecule has 0 spiro atoms. The molecule has 146 valence electrons. The molecule has 0 saturated heterocycles. The van der Waals surface area contributed by atoms with Crippen LogP contribution in [0.5, 0.6) is 11.6 Å². The van der Waals surface area contributed by atoms with Gasteiger partial charge in [0.1, 0.15) is 5.75 Å². The molecular formula is C18H20N6O4. The number of carbonyl (C=O) groups excluding carboxylic acids is 1. The molecule has 0 saturated carbocycles. The lowest BCUT2D eigenvalue weighted by Gasteiger charge is -2.06. The Kier molecular flexibility index (Phi) is 6.34. The third-order valence-corrected chi connectivity index (χ3v) is 3.61. The molecule has 0 radical (unpaired) electrons. The molecule has 3 rings (SSSR count). The molecule has 3 aromatic rings. The number of aryl methyl sites for hydroxylation is 1. The zero-order chi connectivity index (χ0) is 19.8. The molecule has 28 heavy (non-hydrogen) atoms. The number of hydrazine groups is 1. The molecule has 1 aromatic carbocycles. The number of amides is 1. The summed E-state index contributed by atoms with van der Waals surface area (Å²) < 4.78 is 15.6. The van der Waals surface area contributed by atoms with Gasteiger partial charge in [-0.25, -0.2) is 4.98 Å². The van der Waals surface area contributed by atoms with Crippen LogP contribution in [0.15, 0.2) is 41.1 Å². The van der Waals surface area contributed by atoms with Crippen molar-refractivity contribution in [3.8, 4) is 23.0 Å². The van der Waals surface area contributed by atoms with Gasteiger partial charge in [-0.1, -0.05) is 5.16 Å². The van der Waals surface area contributed by atoms with E-state index in [9.17, 15) is 4.79 Å². The summed E-state index contributed by atoms with van der Waals surface area (Å²) in [6, 6.07) is 8.99. The van der Waals surface area contributed by atoms with Crippen LogP contribution in [-0.2, 0) is 11.2 Å². The fourth-order valence-electron chi connectivity index (χ4n) is 2.27. The standard InChI is InChI=1S/C18H20N6O4/c1-3-27-13-6-4-12(5-7-13)17-20-16(28-24-17)9-8-14(25)22-23-18-19-11-10-15(21-18)26-2/h4-7,10-11H,3,8-9H2,1-2H3,(H,22,25)(H,19,21,23). The van der Waals surface area contributed by atoms with Crippen molar-refractivity contribution in [2.45, 2.75) is 19.8 Å². The van der Waals surface area contributed by atoms with Crippen LogP contribution in [0, 0.1) is 0 Å². The van der Waals surface area contributed by atoms with Gasteiger partial charge in [0.05, 0.1) is 13.7 Å². The lowest BCUT2D eigenvalue weighted by molar-refractivity contribution is -0.120. The van der Waals surface area contributed by atoms with Crippen LogP contribution in [0.4, 0.5) is 5.95 Å². The Bertz CT molecular complexity index is 912. The van der Waals surface area contributed by atoms with Gasteiger partial charge in [0.2, 0.25) is 29.5 Å². The highest BCUT2D eigenvalue weighted by Crippen LogP contribution is 2.20. The van der Waals surface area contributed by atoms with Crippen LogP contribution >= 0.6 is 0 Å². The van der Waals surface area contributed by atoms with Gasteiger partial charge in [0, 0.05) is 30.7 Å². The first-order valence-corrected chi connectivity index (χ1v) is 8.65. The first-order valence-electron chi connectivity index (χ1n) is 8.65. The second-order valence-electron chi connectivity index (χ2n) is 5.56. The van der Waals surface area contributed by atoms with Crippen molar-refractivity contribution in [1.82, 2.24) is 25.5 Å². The van der Waals surface area contributed by atoms with E-state index in [0.717, 1.165) is 11.3 Å². The van der Waals surface area contributed by atoms with Gasteiger partial charge in [-0.3, -0.25) is 15.6 Å². The van der Waals surface area contributed by atoms with Gasteiger partial charge in [-0.2, -0.15) is 9.97 Å². The summed E-state index contributed by atoms with van der Waals surface area (Å²) >= 11 is 0. The van der Waals surface area contributed by atoms with E-state index < -0.39 is 0 Å². The SMILES string of the molecule is CCOc1ccc(-c2noc(CCC(=O)NNc3nccc(OC)n3)n2)cc1. The maximum Gasteiger partial charge on any atom is 0.245 e. The summed E-state index contributed by atoms with van der Waals surface area (Å²) in [6.07, 6.45) is 1.97. The Morgan fingerprint density at radius 2 is 2.00 bits per heavy atom. The molecule has 0 aliphatic carbocycles.